The molecule has 1 aliphatic carbocycles. The van der Waals surface area contributed by atoms with Crippen LogP contribution in [0.25, 0.3) is 0 Å². The van der Waals surface area contributed by atoms with E-state index in [2.05, 4.69) is 6.07 Å². The van der Waals surface area contributed by atoms with E-state index in [9.17, 15) is 5.11 Å². The molecule has 1 unspecified atom stereocenters. The summed E-state index contributed by atoms with van der Waals surface area (Å²) in [6, 6.07) is 7.95. The third kappa shape index (κ3) is 1.23. The van der Waals surface area contributed by atoms with Gasteiger partial charge in [-0.1, -0.05) is 24.3 Å². The maximum Gasteiger partial charge on any atom is 0.0956 e. The first-order chi connectivity index (χ1) is 5.79. The van der Waals surface area contributed by atoms with E-state index in [0.717, 1.165) is 18.4 Å². The molecule has 0 saturated heterocycles. The third-order valence-corrected chi connectivity index (χ3v) is 2.86. The number of aliphatic hydroxyl groups excluding tert-OH is 1. The second kappa shape index (κ2) is 3.08. The molecule has 2 rings (SSSR count). The van der Waals surface area contributed by atoms with E-state index in [1.54, 1.807) is 0 Å². The lowest BCUT2D eigenvalue weighted by molar-refractivity contribution is 0.161. The third-order valence-electron chi connectivity index (χ3n) is 2.41. The molecule has 2 atom stereocenters. The van der Waals surface area contributed by atoms with Crippen LogP contribution in [0.3, 0.4) is 0 Å². The van der Waals surface area contributed by atoms with Gasteiger partial charge in [0.05, 0.1) is 11.5 Å². The SMILES string of the molecule is O[C@@H]1c2ccccc2CCC1Cl. The van der Waals surface area contributed by atoms with Gasteiger partial charge in [0.15, 0.2) is 0 Å². The van der Waals surface area contributed by atoms with Gasteiger partial charge in [-0.15, -0.1) is 11.6 Å². The Balaban J connectivity index is 2.42. The van der Waals surface area contributed by atoms with Crippen molar-refractivity contribution < 1.29 is 5.11 Å². The van der Waals surface area contributed by atoms with E-state index in [1.807, 2.05) is 18.2 Å². The average Bonchev–Trinajstić information content (AvgIpc) is 2.12. The summed E-state index contributed by atoms with van der Waals surface area (Å²) in [7, 11) is 0. The van der Waals surface area contributed by atoms with Gasteiger partial charge in [-0.2, -0.15) is 0 Å². The molecule has 0 bridgehead atoms. The summed E-state index contributed by atoms with van der Waals surface area (Å²) in [5.41, 5.74) is 2.24. The van der Waals surface area contributed by atoms with Crippen LogP contribution in [0.4, 0.5) is 0 Å². The van der Waals surface area contributed by atoms with Crippen LogP contribution in [0.15, 0.2) is 24.3 Å². The molecule has 2 heteroatoms. The highest BCUT2D eigenvalue weighted by Crippen LogP contribution is 2.32. The number of rotatable bonds is 0. The average molecular weight is 183 g/mol. The molecule has 0 heterocycles. The van der Waals surface area contributed by atoms with Gasteiger partial charge in [-0.05, 0) is 24.0 Å². The van der Waals surface area contributed by atoms with Crippen LogP contribution < -0.4 is 0 Å². The van der Waals surface area contributed by atoms with Gasteiger partial charge in [0.1, 0.15) is 0 Å². The molecule has 1 N–H and O–H groups in total. The Kier molecular flexibility index (Phi) is 2.07. The molecule has 1 aromatic carbocycles. The summed E-state index contributed by atoms with van der Waals surface area (Å²) >= 11 is 5.94. The van der Waals surface area contributed by atoms with E-state index in [-0.39, 0.29) is 5.38 Å². The minimum atomic E-state index is -0.475. The number of aryl methyl sites for hydroxylation is 1. The van der Waals surface area contributed by atoms with Crippen LogP contribution in [0.5, 0.6) is 0 Å². The normalized spacial score (nSPS) is 28.2. The first-order valence-corrected chi connectivity index (χ1v) is 4.62. The van der Waals surface area contributed by atoms with E-state index in [0.29, 0.717) is 0 Å². The van der Waals surface area contributed by atoms with E-state index >= 15 is 0 Å². The number of aliphatic hydroxyl groups is 1. The van der Waals surface area contributed by atoms with E-state index in [1.165, 1.54) is 5.56 Å². The van der Waals surface area contributed by atoms with Gasteiger partial charge in [-0.3, -0.25) is 0 Å². The maximum atomic E-state index is 9.70. The van der Waals surface area contributed by atoms with Gasteiger partial charge in [0.25, 0.3) is 0 Å². The summed E-state index contributed by atoms with van der Waals surface area (Å²) < 4.78 is 0. The van der Waals surface area contributed by atoms with E-state index in [4.69, 9.17) is 11.6 Å². The van der Waals surface area contributed by atoms with Crippen LogP contribution in [-0.2, 0) is 6.42 Å². The molecule has 0 aromatic heterocycles. The summed E-state index contributed by atoms with van der Waals surface area (Å²) in [5, 5.41) is 9.59. The fourth-order valence-electron chi connectivity index (χ4n) is 1.70. The summed E-state index contributed by atoms with van der Waals surface area (Å²) in [6.45, 7) is 0. The highest BCUT2D eigenvalue weighted by molar-refractivity contribution is 6.21. The zero-order valence-corrected chi connectivity index (χ0v) is 7.46. The molecular formula is C10H11ClO. The Morgan fingerprint density at radius 2 is 2.08 bits per heavy atom. The summed E-state index contributed by atoms with van der Waals surface area (Å²) in [4.78, 5) is 0. The van der Waals surface area contributed by atoms with Crippen LogP contribution in [-0.4, -0.2) is 10.5 Å². The molecule has 64 valence electrons. The first kappa shape index (κ1) is 8.09. The Morgan fingerprint density at radius 3 is 2.92 bits per heavy atom. The minimum absolute atomic E-state index is 0.111. The fraction of sp³-hybridized carbons (Fsp3) is 0.400. The predicted octanol–water partition coefficient (Wildman–Crippen LogP) is 2.27. The second-order valence-corrected chi connectivity index (χ2v) is 3.76. The summed E-state index contributed by atoms with van der Waals surface area (Å²) in [5.74, 6) is 0. The Hall–Kier alpha value is -0.530. The monoisotopic (exact) mass is 182 g/mol. The highest BCUT2D eigenvalue weighted by atomic mass is 35.5. The van der Waals surface area contributed by atoms with Crippen LogP contribution in [0, 0.1) is 0 Å². The predicted molar refractivity (Wildman–Crippen MR) is 49.4 cm³/mol. The lowest BCUT2D eigenvalue weighted by Crippen LogP contribution is -2.20. The number of hydrogen-bond acceptors (Lipinski definition) is 1. The zero-order chi connectivity index (χ0) is 8.55. The Morgan fingerprint density at radius 1 is 1.33 bits per heavy atom. The quantitative estimate of drug-likeness (QED) is 0.611. The molecule has 1 nitrogen and oxygen atoms in total. The van der Waals surface area contributed by atoms with Crippen molar-refractivity contribution in [2.24, 2.45) is 0 Å². The fourth-order valence-corrected chi connectivity index (χ4v) is 1.94. The van der Waals surface area contributed by atoms with Crippen molar-refractivity contribution in [2.75, 3.05) is 0 Å². The number of fused-ring (bicyclic) bond motifs is 1. The van der Waals surface area contributed by atoms with Gasteiger partial charge < -0.3 is 5.11 Å². The van der Waals surface area contributed by atoms with Crippen molar-refractivity contribution in [1.82, 2.24) is 0 Å². The molecule has 0 saturated carbocycles. The van der Waals surface area contributed by atoms with Crippen LogP contribution in [0.2, 0.25) is 0 Å². The van der Waals surface area contributed by atoms with Crippen LogP contribution in [0.1, 0.15) is 23.7 Å². The molecule has 0 radical (unpaired) electrons. The lowest BCUT2D eigenvalue weighted by Gasteiger charge is -2.25. The van der Waals surface area contributed by atoms with Gasteiger partial charge in [0, 0.05) is 0 Å². The topological polar surface area (TPSA) is 20.2 Å². The highest BCUT2D eigenvalue weighted by Gasteiger charge is 2.25. The number of alkyl halides is 1. The summed E-state index contributed by atoms with van der Waals surface area (Å²) in [6.07, 6.45) is 1.39. The standard InChI is InChI=1S/C10H11ClO/c11-9-6-5-7-3-1-2-4-8(7)10(9)12/h1-4,9-10,12H,5-6H2/t9?,10-/m1/s1. The Bertz CT molecular complexity index is 285. The smallest absolute Gasteiger partial charge is 0.0956 e. The molecular weight excluding hydrogens is 172 g/mol. The van der Waals surface area contributed by atoms with E-state index < -0.39 is 6.10 Å². The number of benzene rings is 1. The van der Waals surface area contributed by atoms with Gasteiger partial charge in [-0.25, -0.2) is 0 Å². The van der Waals surface area contributed by atoms with Crippen molar-refractivity contribution >= 4 is 11.6 Å². The first-order valence-electron chi connectivity index (χ1n) is 4.19. The van der Waals surface area contributed by atoms with Crippen molar-refractivity contribution in [1.29, 1.82) is 0 Å². The number of hydrogen-bond donors (Lipinski definition) is 1. The Labute approximate surface area is 77.0 Å². The zero-order valence-electron chi connectivity index (χ0n) is 6.70. The van der Waals surface area contributed by atoms with Crippen molar-refractivity contribution in [3.63, 3.8) is 0 Å². The molecule has 0 fully saturated rings. The molecule has 0 spiro atoms. The largest absolute Gasteiger partial charge is 0.387 e. The molecule has 1 aliphatic rings. The van der Waals surface area contributed by atoms with Crippen LogP contribution >= 0.6 is 11.6 Å². The van der Waals surface area contributed by atoms with Crippen molar-refractivity contribution in [2.45, 2.75) is 24.3 Å². The maximum absolute atomic E-state index is 9.70. The molecule has 0 amide bonds. The molecule has 0 aliphatic heterocycles. The molecule has 12 heavy (non-hydrogen) atoms. The lowest BCUT2D eigenvalue weighted by atomic mass is 9.89. The minimum Gasteiger partial charge on any atom is -0.387 e. The van der Waals surface area contributed by atoms with Gasteiger partial charge >= 0.3 is 0 Å². The van der Waals surface area contributed by atoms with Gasteiger partial charge in [0.2, 0.25) is 0 Å². The number of halogens is 1. The second-order valence-electron chi connectivity index (χ2n) is 3.20. The van der Waals surface area contributed by atoms with Crippen molar-refractivity contribution in [3.8, 4) is 0 Å². The molecule has 1 aromatic rings. The van der Waals surface area contributed by atoms with Crippen molar-refractivity contribution in [3.05, 3.63) is 35.4 Å².